The molecule has 0 spiro atoms. The molecule has 2 aliphatic heterocycles. The lowest BCUT2D eigenvalue weighted by Gasteiger charge is -2.43. The van der Waals surface area contributed by atoms with Gasteiger partial charge in [0.1, 0.15) is 5.75 Å². The first-order valence-corrected chi connectivity index (χ1v) is 9.68. The van der Waals surface area contributed by atoms with Gasteiger partial charge in [-0.05, 0) is 38.0 Å². The molecular weight excluding hydrogens is 332 g/mol. The van der Waals surface area contributed by atoms with Gasteiger partial charge in [-0.2, -0.15) is 0 Å². The molecule has 0 radical (unpaired) electrons. The predicted octanol–water partition coefficient (Wildman–Crippen LogP) is 1.23. The summed E-state index contributed by atoms with van der Waals surface area (Å²) < 4.78 is 11.2. The van der Waals surface area contributed by atoms with E-state index in [2.05, 4.69) is 15.9 Å². The summed E-state index contributed by atoms with van der Waals surface area (Å²) in [6, 6.07) is 6.25. The van der Waals surface area contributed by atoms with Crippen LogP contribution in [0.3, 0.4) is 0 Å². The number of morpholine rings is 1. The van der Waals surface area contributed by atoms with Crippen LogP contribution in [0.5, 0.6) is 5.75 Å². The lowest BCUT2D eigenvalue weighted by Crippen LogP contribution is -2.56. The molecule has 0 saturated carbocycles. The van der Waals surface area contributed by atoms with Gasteiger partial charge in [0.05, 0.1) is 32.0 Å². The topological polar surface area (TPSA) is 65.4 Å². The quantitative estimate of drug-likeness (QED) is 0.792. The fourth-order valence-corrected chi connectivity index (χ4v) is 3.95. The van der Waals surface area contributed by atoms with E-state index in [1.54, 1.807) is 0 Å². The molecule has 0 aliphatic carbocycles. The summed E-state index contributed by atoms with van der Waals surface area (Å²) in [6.07, 6.45) is 0.728. The van der Waals surface area contributed by atoms with Crippen LogP contribution in [-0.4, -0.2) is 77.7 Å². The minimum Gasteiger partial charge on any atom is -0.491 e. The molecule has 2 fully saturated rings. The molecule has 2 atom stereocenters. The maximum Gasteiger partial charge on any atom is 0.125 e. The van der Waals surface area contributed by atoms with Crippen LogP contribution < -0.4 is 4.74 Å². The van der Waals surface area contributed by atoms with E-state index in [1.807, 2.05) is 26.0 Å². The third kappa shape index (κ3) is 4.96. The van der Waals surface area contributed by atoms with E-state index in [4.69, 9.17) is 9.47 Å². The molecule has 2 aliphatic rings. The van der Waals surface area contributed by atoms with Crippen LogP contribution in [0.4, 0.5) is 0 Å². The first kappa shape index (κ1) is 19.6. The smallest absolute Gasteiger partial charge is 0.125 e. The zero-order chi connectivity index (χ0) is 18.5. The Balaban J connectivity index is 1.58. The van der Waals surface area contributed by atoms with Crippen molar-refractivity contribution in [2.45, 2.75) is 51.7 Å². The van der Waals surface area contributed by atoms with Crippen molar-refractivity contribution in [1.82, 2.24) is 9.80 Å². The lowest BCUT2D eigenvalue weighted by molar-refractivity contribution is -0.0534. The number of rotatable bonds is 6. The molecule has 3 rings (SSSR count). The van der Waals surface area contributed by atoms with E-state index in [9.17, 15) is 10.2 Å². The third-order valence-corrected chi connectivity index (χ3v) is 5.21. The van der Waals surface area contributed by atoms with Gasteiger partial charge in [0.15, 0.2) is 0 Å². The summed E-state index contributed by atoms with van der Waals surface area (Å²) in [7, 11) is 0. The SMILES string of the molecule is CC(C)Oc1ccc(CN2CC[C@@H](N3CCOCC3)[C@H](O)C2)cc1CO. The van der Waals surface area contributed by atoms with E-state index in [-0.39, 0.29) is 24.9 Å². The van der Waals surface area contributed by atoms with Crippen molar-refractivity contribution in [1.29, 1.82) is 0 Å². The van der Waals surface area contributed by atoms with Crippen molar-refractivity contribution in [3.05, 3.63) is 29.3 Å². The molecule has 0 bridgehead atoms. The van der Waals surface area contributed by atoms with Crippen LogP contribution in [0, 0.1) is 0 Å². The third-order valence-electron chi connectivity index (χ3n) is 5.21. The zero-order valence-electron chi connectivity index (χ0n) is 15.9. The van der Waals surface area contributed by atoms with Crippen molar-refractivity contribution < 1.29 is 19.7 Å². The molecule has 1 aromatic carbocycles. The van der Waals surface area contributed by atoms with Gasteiger partial charge >= 0.3 is 0 Å². The number of aliphatic hydroxyl groups is 2. The van der Waals surface area contributed by atoms with Crippen LogP contribution in [0.2, 0.25) is 0 Å². The predicted molar refractivity (Wildman–Crippen MR) is 100 cm³/mol. The summed E-state index contributed by atoms with van der Waals surface area (Å²) in [6.45, 7) is 9.73. The molecule has 0 amide bonds. The molecular formula is C20H32N2O4. The molecule has 2 heterocycles. The minimum absolute atomic E-state index is 0.0301. The highest BCUT2D eigenvalue weighted by Crippen LogP contribution is 2.24. The Kier molecular flexibility index (Phi) is 6.89. The number of hydrogen-bond acceptors (Lipinski definition) is 6. The van der Waals surface area contributed by atoms with Crippen molar-refractivity contribution in [2.24, 2.45) is 0 Å². The number of β-amino-alcohol motifs (C(OH)–C–C–N with tert-alkyl or cyclic N) is 1. The second-order valence-electron chi connectivity index (χ2n) is 7.57. The Hall–Kier alpha value is -1.18. The van der Waals surface area contributed by atoms with Crippen LogP contribution in [0.15, 0.2) is 18.2 Å². The van der Waals surface area contributed by atoms with Gasteiger partial charge in [0.2, 0.25) is 0 Å². The Morgan fingerprint density at radius 1 is 1.23 bits per heavy atom. The number of likely N-dealkylation sites (tertiary alicyclic amines) is 1. The van der Waals surface area contributed by atoms with E-state index in [1.165, 1.54) is 0 Å². The maximum absolute atomic E-state index is 10.6. The number of aliphatic hydroxyl groups excluding tert-OH is 2. The van der Waals surface area contributed by atoms with Gasteiger partial charge in [-0.3, -0.25) is 9.80 Å². The molecule has 6 heteroatoms. The molecule has 0 unspecified atom stereocenters. The number of piperidine rings is 1. The second-order valence-corrected chi connectivity index (χ2v) is 7.57. The molecule has 0 aromatic heterocycles. The van der Waals surface area contributed by atoms with Crippen LogP contribution in [0.1, 0.15) is 31.4 Å². The number of benzene rings is 1. The standard InChI is InChI=1S/C20H32N2O4/c1-15(2)26-20-4-3-16(11-17(20)14-23)12-21-6-5-18(19(24)13-21)22-7-9-25-10-8-22/h3-4,11,15,18-19,23-24H,5-10,12-14H2,1-2H3/t18-,19-/m1/s1. The molecule has 2 N–H and O–H groups in total. The Bertz CT molecular complexity index is 575. The maximum atomic E-state index is 10.6. The Morgan fingerprint density at radius 2 is 2.00 bits per heavy atom. The summed E-state index contributed by atoms with van der Waals surface area (Å²) in [5.74, 6) is 0.748. The second kappa shape index (κ2) is 9.15. The highest BCUT2D eigenvalue weighted by molar-refractivity contribution is 5.37. The fraction of sp³-hybridized carbons (Fsp3) is 0.700. The summed E-state index contributed by atoms with van der Waals surface area (Å²) in [5, 5.41) is 20.3. The van der Waals surface area contributed by atoms with Crippen LogP contribution in [0.25, 0.3) is 0 Å². The highest BCUT2D eigenvalue weighted by Gasteiger charge is 2.32. The van der Waals surface area contributed by atoms with Gasteiger partial charge in [-0.25, -0.2) is 0 Å². The van der Waals surface area contributed by atoms with Crippen molar-refractivity contribution in [2.75, 3.05) is 39.4 Å². The van der Waals surface area contributed by atoms with E-state index < -0.39 is 0 Å². The van der Waals surface area contributed by atoms with Gasteiger partial charge in [0.25, 0.3) is 0 Å². The molecule has 146 valence electrons. The Morgan fingerprint density at radius 3 is 2.65 bits per heavy atom. The average molecular weight is 364 g/mol. The van der Waals surface area contributed by atoms with Crippen molar-refractivity contribution >= 4 is 0 Å². The van der Waals surface area contributed by atoms with Gasteiger partial charge in [0, 0.05) is 44.3 Å². The van der Waals surface area contributed by atoms with Crippen LogP contribution in [-0.2, 0) is 17.9 Å². The average Bonchev–Trinajstić information content (AvgIpc) is 2.63. The van der Waals surface area contributed by atoms with Crippen molar-refractivity contribution in [3.8, 4) is 5.75 Å². The first-order valence-electron chi connectivity index (χ1n) is 9.68. The summed E-state index contributed by atoms with van der Waals surface area (Å²) >= 11 is 0. The minimum atomic E-state index is -0.331. The van der Waals surface area contributed by atoms with Crippen LogP contribution >= 0.6 is 0 Å². The molecule has 2 saturated heterocycles. The molecule has 1 aromatic rings. The van der Waals surface area contributed by atoms with E-state index >= 15 is 0 Å². The lowest BCUT2D eigenvalue weighted by atomic mass is 9.98. The van der Waals surface area contributed by atoms with Crippen molar-refractivity contribution in [3.63, 3.8) is 0 Å². The highest BCUT2D eigenvalue weighted by atomic mass is 16.5. The van der Waals surface area contributed by atoms with E-state index in [0.717, 1.165) is 62.7 Å². The summed E-state index contributed by atoms with van der Waals surface area (Å²) in [5.41, 5.74) is 1.96. The zero-order valence-corrected chi connectivity index (χ0v) is 15.9. The van der Waals surface area contributed by atoms with E-state index in [0.29, 0.717) is 6.54 Å². The monoisotopic (exact) mass is 364 g/mol. The number of nitrogens with zero attached hydrogens (tertiary/aromatic N) is 2. The largest absolute Gasteiger partial charge is 0.491 e. The first-order chi connectivity index (χ1) is 12.6. The van der Waals surface area contributed by atoms with Gasteiger partial charge in [-0.15, -0.1) is 0 Å². The van der Waals surface area contributed by atoms with Gasteiger partial charge < -0.3 is 19.7 Å². The summed E-state index contributed by atoms with van der Waals surface area (Å²) in [4.78, 5) is 4.66. The normalized spacial score (nSPS) is 25.6. The number of ether oxygens (including phenoxy) is 2. The Labute approximate surface area is 156 Å². The van der Waals surface area contributed by atoms with Gasteiger partial charge in [-0.1, -0.05) is 6.07 Å². The molecule has 26 heavy (non-hydrogen) atoms. The molecule has 6 nitrogen and oxygen atoms in total. The number of hydrogen-bond donors (Lipinski definition) is 2. The fourth-order valence-electron chi connectivity index (χ4n) is 3.95.